The van der Waals surface area contributed by atoms with E-state index in [1.165, 1.54) is 23.0 Å². The molecule has 3 aromatic rings. The fourth-order valence-corrected chi connectivity index (χ4v) is 4.59. The normalized spacial score (nSPS) is 17.3. The molecule has 3 atom stereocenters. The van der Waals surface area contributed by atoms with Crippen molar-refractivity contribution in [3.63, 3.8) is 0 Å². The number of anilines is 2. The van der Waals surface area contributed by atoms with Gasteiger partial charge in [0.1, 0.15) is 5.75 Å². The lowest BCUT2D eigenvalue weighted by Gasteiger charge is -2.23. The number of benzene rings is 1. The minimum Gasteiger partial charge on any atom is -0.457 e. The summed E-state index contributed by atoms with van der Waals surface area (Å²) in [5.41, 5.74) is 1.97. The monoisotopic (exact) mass is 509 g/mol. The first kappa shape index (κ1) is 25.4. The highest BCUT2D eigenvalue weighted by atomic mass is 32.1. The van der Waals surface area contributed by atoms with E-state index in [-0.39, 0.29) is 11.9 Å². The second-order valence-corrected chi connectivity index (χ2v) is 9.39. The molecule has 1 aliphatic carbocycles. The first-order valence-corrected chi connectivity index (χ1v) is 12.6. The Kier molecular flexibility index (Phi) is 8.66. The fraction of sp³-hybridized carbons (Fsp3) is 0.360. The third kappa shape index (κ3) is 7.14. The number of nitrogens with one attached hydrogen (secondary N) is 2. The first-order chi connectivity index (χ1) is 17.5. The highest BCUT2D eigenvalue weighted by Gasteiger charge is 2.21. The van der Waals surface area contributed by atoms with Crippen molar-refractivity contribution in [3.8, 4) is 5.75 Å². The van der Waals surface area contributed by atoms with Crippen molar-refractivity contribution in [3.05, 3.63) is 71.8 Å². The molecular weight excluding hydrogens is 481 g/mol. The Morgan fingerprint density at radius 2 is 2.14 bits per heavy atom. The Labute approximate surface area is 212 Å². The van der Waals surface area contributed by atoms with Gasteiger partial charge in [-0.15, -0.1) is 15.3 Å². The van der Waals surface area contributed by atoms with Crippen LogP contribution >= 0.6 is 11.3 Å². The average Bonchev–Trinajstić information content (AvgIpc) is 3.31. The molecule has 2 N–H and O–H groups in total. The highest BCUT2D eigenvalue weighted by Crippen LogP contribution is 2.28. The quantitative estimate of drug-likeness (QED) is 0.373. The van der Waals surface area contributed by atoms with Crippen molar-refractivity contribution >= 4 is 27.5 Å². The SMILES string of the molecule is C/C=C/C(F)Oc1cccc([C@@H](C)C(=O)Nc2nnc(N[C@@H]3CCC=C(Cc4nccnn4)C3)s2)c1. The molecule has 188 valence electrons. The number of halogens is 1. The summed E-state index contributed by atoms with van der Waals surface area (Å²) < 4.78 is 19.0. The van der Waals surface area contributed by atoms with Gasteiger partial charge in [-0.3, -0.25) is 10.1 Å². The number of allylic oxidation sites excluding steroid dienone is 2. The lowest BCUT2D eigenvalue weighted by atomic mass is 9.93. The van der Waals surface area contributed by atoms with Crippen LogP contribution in [0.5, 0.6) is 5.75 Å². The summed E-state index contributed by atoms with van der Waals surface area (Å²) in [6.07, 6.45) is 10.2. The zero-order valence-corrected chi connectivity index (χ0v) is 20.9. The average molecular weight is 510 g/mol. The molecule has 0 radical (unpaired) electrons. The molecule has 36 heavy (non-hydrogen) atoms. The molecular formula is C25H28FN7O2S. The summed E-state index contributed by atoms with van der Waals surface area (Å²) in [7, 11) is 0. The van der Waals surface area contributed by atoms with Crippen molar-refractivity contribution in [1.29, 1.82) is 0 Å². The zero-order valence-electron chi connectivity index (χ0n) is 20.1. The maximum Gasteiger partial charge on any atom is 0.257 e. The minimum absolute atomic E-state index is 0.210. The summed E-state index contributed by atoms with van der Waals surface area (Å²) in [4.78, 5) is 17.1. The molecule has 1 aliphatic rings. The highest BCUT2D eigenvalue weighted by molar-refractivity contribution is 7.19. The zero-order chi connectivity index (χ0) is 25.3. The maximum absolute atomic E-state index is 13.7. The molecule has 2 heterocycles. The molecule has 2 aromatic heterocycles. The van der Waals surface area contributed by atoms with Gasteiger partial charge in [0.15, 0.2) is 5.82 Å². The van der Waals surface area contributed by atoms with E-state index < -0.39 is 12.3 Å². The van der Waals surface area contributed by atoms with Crippen molar-refractivity contribution in [2.75, 3.05) is 10.6 Å². The molecule has 1 unspecified atom stereocenters. The van der Waals surface area contributed by atoms with E-state index in [0.29, 0.717) is 33.8 Å². The van der Waals surface area contributed by atoms with Gasteiger partial charge in [0.2, 0.25) is 16.2 Å². The number of ether oxygens (including phenoxy) is 1. The molecule has 1 amide bonds. The standard InChI is InChI=1S/C25H28FN7O2S/c1-3-6-21(26)35-20-10-5-8-18(15-20)16(2)23(34)30-25-33-32-24(36-25)29-19-9-4-7-17(13-19)14-22-27-11-12-28-31-22/h3,5-8,10-12,15-16,19,21H,4,9,13-14H2,1-2H3,(H,29,32)(H,30,33,34)/b6-3+/t16-,19-,21?/m1/s1. The van der Waals surface area contributed by atoms with Crippen molar-refractivity contribution in [1.82, 2.24) is 25.4 Å². The Morgan fingerprint density at radius 3 is 2.94 bits per heavy atom. The van der Waals surface area contributed by atoms with E-state index in [9.17, 15) is 9.18 Å². The number of amides is 1. The van der Waals surface area contributed by atoms with Crippen LogP contribution in [0.4, 0.5) is 14.7 Å². The van der Waals surface area contributed by atoms with E-state index >= 15 is 0 Å². The molecule has 1 aromatic carbocycles. The summed E-state index contributed by atoms with van der Waals surface area (Å²) in [5.74, 6) is 0.337. The maximum atomic E-state index is 13.7. The van der Waals surface area contributed by atoms with Gasteiger partial charge < -0.3 is 10.1 Å². The molecule has 0 fully saturated rings. The van der Waals surface area contributed by atoms with Crippen LogP contribution in [0, 0.1) is 0 Å². The molecule has 0 saturated carbocycles. The number of alkyl halides is 1. The first-order valence-electron chi connectivity index (χ1n) is 11.7. The van der Waals surface area contributed by atoms with E-state index in [0.717, 1.165) is 19.3 Å². The van der Waals surface area contributed by atoms with Crippen LogP contribution < -0.4 is 15.4 Å². The largest absolute Gasteiger partial charge is 0.457 e. The number of hydrogen-bond donors (Lipinski definition) is 2. The fourth-order valence-electron chi connectivity index (χ4n) is 3.87. The van der Waals surface area contributed by atoms with Crippen molar-refractivity contribution in [2.45, 2.75) is 57.8 Å². The lowest BCUT2D eigenvalue weighted by molar-refractivity contribution is -0.117. The van der Waals surface area contributed by atoms with E-state index in [1.807, 2.05) is 0 Å². The molecule has 11 heteroatoms. The van der Waals surface area contributed by atoms with Gasteiger partial charge in [-0.05, 0) is 56.9 Å². The van der Waals surface area contributed by atoms with Gasteiger partial charge in [0.05, 0.1) is 12.1 Å². The Morgan fingerprint density at radius 1 is 1.28 bits per heavy atom. The lowest BCUT2D eigenvalue weighted by Crippen LogP contribution is -2.23. The molecule has 0 aliphatic heterocycles. The smallest absolute Gasteiger partial charge is 0.257 e. The van der Waals surface area contributed by atoms with Crippen LogP contribution in [-0.4, -0.2) is 43.7 Å². The number of nitrogens with zero attached hydrogens (tertiary/aromatic N) is 5. The van der Waals surface area contributed by atoms with Gasteiger partial charge in [0, 0.05) is 18.7 Å². The molecule has 9 nitrogen and oxygen atoms in total. The second kappa shape index (κ2) is 12.3. The Balaban J connectivity index is 1.30. The van der Waals surface area contributed by atoms with Crippen LogP contribution in [0.25, 0.3) is 0 Å². The molecule has 0 saturated heterocycles. The number of carbonyl (C=O) groups excluding carboxylic acids is 1. The number of carbonyl (C=O) groups is 1. The Hall–Kier alpha value is -3.73. The van der Waals surface area contributed by atoms with Gasteiger partial charge in [0.25, 0.3) is 6.36 Å². The topological polar surface area (TPSA) is 115 Å². The van der Waals surface area contributed by atoms with Crippen LogP contribution in [0.3, 0.4) is 0 Å². The minimum atomic E-state index is -1.54. The molecule has 4 rings (SSSR count). The van der Waals surface area contributed by atoms with Crippen LogP contribution in [0.15, 0.2) is 60.5 Å². The van der Waals surface area contributed by atoms with Gasteiger partial charge in [-0.1, -0.05) is 41.2 Å². The van der Waals surface area contributed by atoms with Gasteiger partial charge in [-0.2, -0.15) is 9.49 Å². The summed E-state index contributed by atoms with van der Waals surface area (Å²) in [6.45, 7) is 3.49. The number of hydrogen-bond acceptors (Lipinski definition) is 9. The van der Waals surface area contributed by atoms with Crippen LogP contribution in [0.2, 0.25) is 0 Å². The summed E-state index contributed by atoms with van der Waals surface area (Å²) in [5, 5.41) is 23.6. The Bertz CT molecular complexity index is 1220. The van der Waals surface area contributed by atoms with Crippen LogP contribution in [0.1, 0.15) is 50.4 Å². The van der Waals surface area contributed by atoms with Gasteiger partial charge in [-0.25, -0.2) is 4.98 Å². The molecule has 0 spiro atoms. The predicted molar refractivity (Wildman–Crippen MR) is 137 cm³/mol. The number of aromatic nitrogens is 5. The van der Waals surface area contributed by atoms with Crippen LogP contribution in [-0.2, 0) is 11.2 Å². The van der Waals surface area contributed by atoms with E-state index in [4.69, 9.17) is 4.74 Å². The summed E-state index contributed by atoms with van der Waals surface area (Å²) >= 11 is 1.29. The predicted octanol–water partition coefficient (Wildman–Crippen LogP) is 4.85. The second-order valence-electron chi connectivity index (χ2n) is 8.41. The van der Waals surface area contributed by atoms with Gasteiger partial charge >= 0.3 is 0 Å². The van der Waals surface area contributed by atoms with Crippen molar-refractivity contribution in [2.24, 2.45) is 0 Å². The number of rotatable bonds is 10. The van der Waals surface area contributed by atoms with E-state index in [2.05, 4.69) is 42.1 Å². The van der Waals surface area contributed by atoms with Crippen molar-refractivity contribution < 1.29 is 13.9 Å². The third-order valence-electron chi connectivity index (χ3n) is 5.70. The van der Waals surface area contributed by atoms with E-state index in [1.54, 1.807) is 56.6 Å². The third-order valence-corrected chi connectivity index (χ3v) is 6.47. The summed E-state index contributed by atoms with van der Waals surface area (Å²) in [6, 6.07) is 7.07. The molecule has 0 bridgehead atoms.